The number of ether oxygens (including phenoxy) is 1. The van der Waals surface area contributed by atoms with E-state index in [2.05, 4.69) is 79.7 Å². The number of rotatable bonds is 8. The van der Waals surface area contributed by atoms with Crippen LogP contribution in [0.15, 0.2) is 35.9 Å². The minimum Gasteiger partial charge on any atom is -0.446 e. The molecule has 10 aliphatic rings. The number of Topliss-reactive ketones (excluding diaryl/α,β-unsaturated/α-hetero) is 1. The fraction of sp³-hybridized carbons (Fsp3) is 0.796. The molecular weight excluding hydrogens is 715 g/mol. The van der Waals surface area contributed by atoms with Gasteiger partial charge in [-0.05, 0) is 154 Å². The van der Waals surface area contributed by atoms with Crippen molar-refractivity contribution >= 4 is 23.2 Å². The summed E-state index contributed by atoms with van der Waals surface area (Å²) in [4.78, 5) is 33.7. The van der Waals surface area contributed by atoms with Gasteiger partial charge in [-0.3, -0.25) is 4.79 Å². The van der Waals surface area contributed by atoms with Gasteiger partial charge in [0.1, 0.15) is 6.10 Å². The Morgan fingerprint density at radius 3 is 2.36 bits per heavy atom. The second kappa shape index (κ2) is 13.3. The first-order valence-corrected chi connectivity index (χ1v) is 23.6. The Balaban J connectivity index is 1.07. The third kappa shape index (κ3) is 5.50. The van der Waals surface area contributed by atoms with Crippen LogP contribution < -0.4 is 0 Å². The highest BCUT2D eigenvalue weighted by molar-refractivity contribution is 7.14. The minimum absolute atomic E-state index is 0.0524. The van der Waals surface area contributed by atoms with Crippen molar-refractivity contribution in [2.45, 2.75) is 157 Å². The van der Waals surface area contributed by atoms with Crippen LogP contribution in [0.1, 0.15) is 146 Å². The summed E-state index contributed by atoms with van der Waals surface area (Å²) in [6.45, 7) is 19.5. The number of amides is 1. The number of nitrogens with zero attached hydrogens (tertiary/aromatic N) is 1. The number of hydrogen-bond donors (Lipinski definition) is 2. The standard InChI is InChI=1S/C49H71NO5S/c1-29(2)35-13-9-30(3)23-38(35)55-43(53)50(27-32-11-12-33-24-36(32)44(33,5)6)28-48(54)20-17-41-46(48,8)19-16-40-45(7)18-15-34(51)25-47(45)21-22-49(40,41)37(26-47)42(52)39-14-10-31(4)56-39/h10,14,21-22,26,29-30,32-36,38,40-41,51,54H,9,11-13,15-20,23-25,27-28H2,1-8H3/t30-,32-,33-,34?,35+,36-,38-,40+,41+,45+,46-,47-,48+,49+/m0/s1. The van der Waals surface area contributed by atoms with Gasteiger partial charge in [0.2, 0.25) is 0 Å². The lowest BCUT2D eigenvalue weighted by Crippen LogP contribution is -2.67. The number of fused-ring (bicyclic) bond motifs is 3. The maximum absolute atomic E-state index is 14.9. The first-order chi connectivity index (χ1) is 26.4. The zero-order chi connectivity index (χ0) is 39.8. The molecule has 0 saturated heterocycles. The number of thiophene rings is 1. The normalized spacial score (nSPS) is 47.0. The number of carbonyl (C=O) groups excluding carboxylic acids is 2. The van der Waals surface area contributed by atoms with E-state index in [1.54, 1.807) is 11.3 Å². The van der Waals surface area contributed by atoms with Gasteiger partial charge in [0.25, 0.3) is 0 Å². The van der Waals surface area contributed by atoms with Crippen LogP contribution >= 0.6 is 11.3 Å². The predicted octanol–water partition coefficient (Wildman–Crippen LogP) is 10.8. The van der Waals surface area contributed by atoms with Gasteiger partial charge in [-0.1, -0.05) is 73.1 Å². The van der Waals surface area contributed by atoms with Crippen LogP contribution in [0.4, 0.5) is 4.79 Å². The minimum atomic E-state index is -1.11. The molecule has 2 spiro atoms. The average molecular weight is 786 g/mol. The van der Waals surface area contributed by atoms with Crippen LogP contribution in [0.2, 0.25) is 0 Å². The first-order valence-electron chi connectivity index (χ1n) is 22.8. The molecule has 11 rings (SSSR count). The molecule has 0 aliphatic heterocycles. The molecule has 308 valence electrons. The third-order valence-electron chi connectivity index (χ3n) is 19.3. The molecule has 1 amide bonds. The lowest BCUT2D eigenvalue weighted by Gasteiger charge is -2.71. The molecule has 4 bridgehead atoms. The van der Waals surface area contributed by atoms with E-state index in [0.717, 1.165) is 72.6 Å². The Hall–Kier alpha value is -1.96. The fourth-order valence-corrected chi connectivity index (χ4v) is 16.5. The molecule has 7 saturated carbocycles. The molecule has 2 N–H and O–H groups in total. The second-order valence-corrected chi connectivity index (χ2v) is 23.7. The van der Waals surface area contributed by atoms with Crippen LogP contribution in [0.25, 0.3) is 0 Å². The predicted molar refractivity (Wildman–Crippen MR) is 223 cm³/mol. The summed E-state index contributed by atoms with van der Waals surface area (Å²) in [6.07, 6.45) is 18.8. The van der Waals surface area contributed by atoms with Gasteiger partial charge in [-0.25, -0.2) is 4.79 Å². The third-order valence-corrected chi connectivity index (χ3v) is 20.3. The van der Waals surface area contributed by atoms with Crippen LogP contribution in [-0.4, -0.2) is 57.9 Å². The van der Waals surface area contributed by atoms with Gasteiger partial charge in [0.15, 0.2) is 5.78 Å². The molecule has 1 aromatic rings. The Bertz CT molecular complexity index is 1810. The van der Waals surface area contributed by atoms with Crippen molar-refractivity contribution in [3.63, 3.8) is 0 Å². The topological polar surface area (TPSA) is 87.1 Å². The van der Waals surface area contributed by atoms with Crippen LogP contribution in [0.5, 0.6) is 0 Å². The Morgan fingerprint density at radius 1 is 0.929 bits per heavy atom. The molecule has 10 aliphatic carbocycles. The maximum atomic E-state index is 14.9. The lowest BCUT2D eigenvalue weighted by atomic mass is 9.32. The van der Waals surface area contributed by atoms with E-state index in [0.29, 0.717) is 54.4 Å². The summed E-state index contributed by atoms with van der Waals surface area (Å²) in [5, 5.41) is 24.5. The van der Waals surface area contributed by atoms with Crippen molar-refractivity contribution in [3.05, 3.63) is 45.7 Å². The monoisotopic (exact) mass is 786 g/mol. The fourth-order valence-electron chi connectivity index (χ4n) is 15.7. The number of aliphatic hydroxyl groups excluding tert-OH is 1. The van der Waals surface area contributed by atoms with E-state index in [4.69, 9.17) is 4.74 Å². The number of hydrogen-bond acceptors (Lipinski definition) is 6. The molecule has 56 heavy (non-hydrogen) atoms. The number of carbonyl (C=O) groups is 2. The summed E-state index contributed by atoms with van der Waals surface area (Å²) in [5.74, 6) is 3.55. The summed E-state index contributed by atoms with van der Waals surface area (Å²) in [6, 6.07) is 4.05. The Kier molecular flexibility index (Phi) is 9.36. The van der Waals surface area contributed by atoms with E-state index in [1.165, 1.54) is 19.3 Å². The molecule has 6 nitrogen and oxygen atoms in total. The average Bonchev–Trinajstić information content (AvgIpc) is 3.70. The second-order valence-electron chi connectivity index (χ2n) is 22.4. The zero-order valence-corrected chi connectivity index (χ0v) is 36.6. The molecule has 7 fully saturated rings. The summed E-state index contributed by atoms with van der Waals surface area (Å²) in [7, 11) is 0. The van der Waals surface area contributed by atoms with Crippen molar-refractivity contribution < 1.29 is 24.5 Å². The van der Waals surface area contributed by atoms with Gasteiger partial charge in [0, 0.05) is 33.2 Å². The van der Waals surface area contributed by atoms with Gasteiger partial charge < -0.3 is 19.8 Å². The van der Waals surface area contributed by atoms with Crippen LogP contribution in [0.3, 0.4) is 0 Å². The summed E-state index contributed by atoms with van der Waals surface area (Å²) in [5.41, 5.74) is -1.35. The van der Waals surface area contributed by atoms with Crippen molar-refractivity contribution in [3.8, 4) is 0 Å². The Labute approximate surface area is 341 Å². The highest BCUT2D eigenvalue weighted by atomic mass is 32.1. The molecule has 1 unspecified atom stereocenters. The van der Waals surface area contributed by atoms with Crippen LogP contribution in [-0.2, 0) is 4.74 Å². The zero-order valence-electron chi connectivity index (χ0n) is 35.7. The van der Waals surface area contributed by atoms with Crippen LogP contribution in [0, 0.1) is 81.3 Å². The quantitative estimate of drug-likeness (QED) is 0.202. The summed E-state index contributed by atoms with van der Waals surface area (Å²) >= 11 is 1.58. The van der Waals surface area contributed by atoms with E-state index < -0.39 is 16.4 Å². The van der Waals surface area contributed by atoms with Crippen molar-refractivity contribution in [2.75, 3.05) is 13.1 Å². The highest BCUT2D eigenvalue weighted by Gasteiger charge is 2.75. The molecule has 7 heteroatoms. The molecule has 0 radical (unpaired) electrons. The van der Waals surface area contributed by atoms with Gasteiger partial charge in [0.05, 0.1) is 23.1 Å². The molecule has 1 heterocycles. The van der Waals surface area contributed by atoms with E-state index in [1.807, 2.05) is 11.0 Å². The summed E-state index contributed by atoms with van der Waals surface area (Å²) < 4.78 is 6.67. The van der Waals surface area contributed by atoms with E-state index >= 15 is 0 Å². The van der Waals surface area contributed by atoms with Gasteiger partial charge in [-0.2, -0.15) is 0 Å². The maximum Gasteiger partial charge on any atom is 0.410 e. The van der Waals surface area contributed by atoms with Crippen molar-refractivity contribution in [2.24, 2.45) is 74.4 Å². The number of aliphatic hydroxyl groups is 2. The SMILES string of the molecule is Cc1ccc(C(=O)C2=C[C@@]34C=C[C@@]25[C@@H]2CC[C@@](O)(CN(C[C@@H]6CC[C@H]7C[C@@H]6C7(C)C)C(=O)O[C@H]6C[C@@H](C)CC[C@@H]6C(C)C)[C@@]2(C)CC[C@@H]5[C@@]3(C)CCC(O)C4)s1. The van der Waals surface area contributed by atoms with Crippen molar-refractivity contribution in [1.82, 2.24) is 4.90 Å². The number of allylic oxidation sites excluding steroid dienone is 4. The smallest absolute Gasteiger partial charge is 0.410 e. The molecular formula is C49H71NO5S. The van der Waals surface area contributed by atoms with Crippen molar-refractivity contribution in [1.29, 1.82) is 0 Å². The van der Waals surface area contributed by atoms with E-state index in [-0.39, 0.29) is 53.3 Å². The Morgan fingerprint density at radius 2 is 1.66 bits per heavy atom. The van der Waals surface area contributed by atoms with Gasteiger partial charge >= 0.3 is 6.09 Å². The lowest BCUT2D eigenvalue weighted by molar-refractivity contribution is -0.177. The largest absolute Gasteiger partial charge is 0.446 e. The highest BCUT2D eigenvalue weighted by Crippen LogP contribution is 2.78. The number of ketones is 1. The molecule has 14 atom stereocenters. The van der Waals surface area contributed by atoms with E-state index in [9.17, 15) is 19.8 Å². The number of aryl methyl sites for hydroxylation is 1. The molecule has 1 aromatic heterocycles. The van der Waals surface area contributed by atoms with Gasteiger partial charge in [-0.15, -0.1) is 11.3 Å². The first kappa shape index (κ1) is 39.5. The molecule has 0 aromatic carbocycles.